The van der Waals surface area contributed by atoms with Gasteiger partial charge in [0.15, 0.2) is 5.82 Å². The van der Waals surface area contributed by atoms with E-state index in [0.29, 0.717) is 18.6 Å². The first kappa shape index (κ1) is 13.5. The van der Waals surface area contributed by atoms with Gasteiger partial charge in [-0.2, -0.15) is 4.98 Å². The zero-order chi connectivity index (χ0) is 12.6. The van der Waals surface area contributed by atoms with Crippen LogP contribution in [-0.4, -0.2) is 35.9 Å². The highest BCUT2D eigenvalue weighted by molar-refractivity contribution is 4.86. The molecule has 1 aromatic rings. The summed E-state index contributed by atoms with van der Waals surface area (Å²) in [5.74, 6) is 1.53. The van der Waals surface area contributed by atoms with Crippen molar-refractivity contribution < 1.29 is 9.26 Å². The highest BCUT2D eigenvalue weighted by Crippen LogP contribution is 2.08. The molecule has 0 atom stereocenters. The molecule has 1 fully saturated rings. The Hall–Kier alpha value is -0.940. The predicted octanol–water partition coefficient (Wildman–Crippen LogP) is 1.72. The summed E-state index contributed by atoms with van der Waals surface area (Å²) in [7, 11) is 0. The molecule has 5 nitrogen and oxygen atoms in total. The average Bonchev–Trinajstić information content (AvgIpc) is 2.85. The standard InChI is InChI=1S/C13H23N3O2/c1-2-3-4-12-15-13(18-16-12)7-10-17-11-5-8-14-9-6-11/h11,14H,2-10H2,1H3. The van der Waals surface area contributed by atoms with Crippen LogP contribution in [0.25, 0.3) is 0 Å². The van der Waals surface area contributed by atoms with Gasteiger partial charge in [-0.25, -0.2) is 0 Å². The van der Waals surface area contributed by atoms with Crippen LogP contribution in [0.3, 0.4) is 0 Å². The Bertz CT molecular complexity index is 335. The Morgan fingerprint density at radius 3 is 2.94 bits per heavy atom. The van der Waals surface area contributed by atoms with Crippen molar-refractivity contribution in [1.29, 1.82) is 0 Å². The van der Waals surface area contributed by atoms with Crippen molar-refractivity contribution in [2.75, 3.05) is 19.7 Å². The van der Waals surface area contributed by atoms with Gasteiger partial charge < -0.3 is 14.6 Å². The summed E-state index contributed by atoms with van der Waals surface area (Å²) in [5.41, 5.74) is 0. The second-order valence-corrected chi connectivity index (χ2v) is 4.78. The van der Waals surface area contributed by atoms with E-state index >= 15 is 0 Å². The molecular formula is C13H23N3O2. The third kappa shape index (κ3) is 4.38. The van der Waals surface area contributed by atoms with E-state index in [1.54, 1.807) is 0 Å². The average molecular weight is 253 g/mol. The number of ether oxygens (including phenoxy) is 1. The van der Waals surface area contributed by atoms with E-state index in [0.717, 1.165) is 57.4 Å². The molecule has 1 aliphatic rings. The number of unbranched alkanes of at least 4 members (excludes halogenated alkanes) is 1. The molecule has 2 rings (SSSR count). The van der Waals surface area contributed by atoms with Gasteiger partial charge in [0.1, 0.15) is 0 Å². The summed E-state index contributed by atoms with van der Waals surface area (Å²) in [6, 6.07) is 0. The van der Waals surface area contributed by atoms with Crippen LogP contribution in [0.4, 0.5) is 0 Å². The highest BCUT2D eigenvalue weighted by atomic mass is 16.5. The van der Waals surface area contributed by atoms with Crippen LogP contribution in [0.5, 0.6) is 0 Å². The minimum atomic E-state index is 0.397. The lowest BCUT2D eigenvalue weighted by atomic mass is 10.1. The zero-order valence-corrected chi connectivity index (χ0v) is 11.2. The predicted molar refractivity (Wildman–Crippen MR) is 68.5 cm³/mol. The van der Waals surface area contributed by atoms with Crippen molar-refractivity contribution in [3.05, 3.63) is 11.7 Å². The van der Waals surface area contributed by atoms with Gasteiger partial charge in [0, 0.05) is 6.42 Å². The maximum atomic E-state index is 5.81. The molecule has 0 bridgehead atoms. The SMILES string of the molecule is CCCCc1noc(CCOC2CCNCC2)n1. The number of aromatic nitrogens is 2. The molecule has 1 aliphatic heterocycles. The molecule has 0 unspecified atom stereocenters. The van der Waals surface area contributed by atoms with Gasteiger partial charge >= 0.3 is 0 Å². The maximum Gasteiger partial charge on any atom is 0.228 e. The molecule has 5 heteroatoms. The smallest absolute Gasteiger partial charge is 0.228 e. The topological polar surface area (TPSA) is 60.2 Å². The number of rotatable bonds is 7. The fourth-order valence-corrected chi connectivity index (χ4v) is 2.10. The van der Waals surface area contributed by atoms with E-state index in [4.69, 9.17) is 9.26 Å². The third-order valence-electron chi connectivity index (χ3n) is 3.22. The third-order valence-corrected chi connectivity index (χ3v) is 3.22. The van der Waals surface area contributed by atoms with Crippen molar-refractivity contribution in [3.63, 3.8) is 0 Å². The molecule has 2 heterocycles. The Morgan fingerprint density at radius 2 is 2.17 bits per heavy atom. The summed E-state index contributed by atoms with van der Waals surface area (Å²) >= 11 is 0. The van der Waals surface area contributed by atoms with Gasteiger partial charge in [-0.3, -0.25) is 0 Å². The number of piperidine rings is 1. The first-order chi connectivity index (χ1) is 8.88. The van der Waals surface area contributed by atoms with Crippen molar-refractivity contribution in [1.82, 2.24) is 15.5 Å². The molecule has 18 heavy (non-hydrogen) atoms. The van der Waals surface area contributed by atoms with Crippen molar-refractivity contribution >= 4 is 0 Å². The summed E-state index contributed by atoms with van der Waals surface area (Å²) in [4.78, 5) is 4.36. The summed E-state index contributed by atoms with van der Waals surface area (Å²) < 4.78 is 11.0. The molecular weight excluding hydrogens is 230 g/mol. The number of aryl methyl sites for hydroxylation is 1. The van der Waals surface area contributed by atoms with E-state index in [-0.39, 0.29) is 0 Å². The number of hydrogen-bond donors (Lipinski definition) is 1. The van der Waals surface area contributed by atoms with E-state index in [9.17, 15) is 0 Å². The maximum absolute atomic E-state index is 5.81. The lowest BCUT2D eigenvalue weighted by molar-refractivity contribution is 0.0322. The molecule has 1 saturated heterocycles. The molecule has 0 radical (unpaired) electrons. The molecule has 0 aromatic carbocycles. The van der Waals surface area contributed by atoms with Gasteiger partial charge in [0.25, 0.3) is 0 Å². The van der Waals surface area contributed by atoms with Gasteiger partial charge in [0.2, 0.25) is 5.89 Å². The Labute approximate surface area is 108 Å². The molecule has 0 spiro atoms. The van der Waals surface area contributed by atoms with Gasteiger partial charge in [-0.05, 0) is 32.4 Å². The van der Waals surface area contributed by atoms with Crippen LogP contribution in [-0.2, 0) is 17.6 Å². The fourth-order valence-electron chi connectivity index (χ4n) is 2.10. The largest absolute Gasteiger partial charge is 0.378 e. The van der Waals surface area contributed by atoms with E-state index < -0.39 is 0 Å². The quantitative estimate of drug-likeness (QED) is 0.801. The number of hydrogen-bond acceptors (Lipinski definition) is 5. The Morgan fingerprint density at radius 1 is 1.33 bits per heavy atom. The lowest BCUT2D eigenvalue weighted by Gasteiger charge is -2.22. The minimum Gasteiger partial charge on any atom is -0.378 e. The van der Waals surface area contributed by atoms with Crippen LogP contribution in [0.2, 0.25) is 0 Å². The molecule has 1 N–H and O–H groups in total. The van der Waals surface area contributed by atoms with Gasteiger partial charge in [-0.15, -0.1) is 0 Å². The molecule has 1 aromatic heterocycles. The zero-order valence-electron chi connectivity index (χ0n) is 11.2. The highest BCUT2D eigenvalue weighted by Gasteiger charge is 2.13. The monoisotopic (exact) mass is 253 g/mol. The van der Waals surface area contributed by atoms with E-state index in [2.05, 4.69) is 22.4 Å². The minimum absolute atomic E-state index is 0.397. The Kier molecular flexibility index (Phi) is 5.61. The molecule has 102 valence electrons. The van der Waals surface area contributed by atoms with Gasteiger partial charge in [0.05, 0.1) is 19.1 Å². The van der Waals surface area contributed by atoms with Crippen LogP contribution in [0.15, 0.2) is 4.52 Å². The fraction of sp³-hybridized carbons (Fsp3) is 0.846. The van der Waals surface area contributed by atoms with Crippen molar-refractivity contribution in [2.45, 2.75) is 51.6 Å². The van der Waals surface area contributed by atoms with Crippen LogP contribution >= 0.6 is 0 Å². The van der Waals surface area contributed by atoms with Crippen LogP contribution in [0, 0.1) is 0 Å². The second-order valence-electron chi connectivity index (χ2n) is 4.78. The molecule has 0 saturated carbocycles. The van der Waals surface area contributed by atoms with E-state index in [1.807, 2.05) is 0 Å². The summed E-state index contributed by atoms with van der Waals surface area (Å²) in [6.07, 6.45) is 6.51. The molecule has 0 amide bonds. The normalized spacial score (nSPS) is 17.2. The van der Waals surface area contributed by atoms with E-state index in [1.165, 1.54) is 0 Å². The van der Waals surface area contributed by atoms with Crippen molar-refractivity contribution in [3.8, 4) is 0 Å². The summed E-state index contributed by atoms with van der Waals surface area (Å²) in [6.45, 7) is 4.97. The first-order valence-corrected chi connectivity index (χ1v) is 7.02. The second kappa shape index (κ2) is 7.48. The first-order valence-electron chi connectivity index (χ1n) is 7.02. The van der Waals surface area contributed by atoms with Crippen molar-refractivity contribution in [2.24, 2.45) is 0 Å². The number of nitrogens with zero attached hydrogens (tertiary/aromatic N) is 2. The lowest BCUT2D eigenvalue weighted by Crippen LogP contribution is -2.32. The Balaban J connectivity index is 1.64. The number of nitrogens with one attached hydrogen (secondary N) is 1. The van der Waals surface area contributed by atoms with Crippen LogP contribution < -0.4 is 5.32 Å². The van der Waals surface area contributed by atoms with Gasteiger partial charge in [-0.1, -0.05) is 18.5 Å². The van der Waals surface area contributed by atoms with Crippen LogP contribution in [0.1, 0.15) is 44.3 Å². The molecule has 0 aliphatic carbocycles. The summed E-state index contributed by atoms with van der Waals surface area (Å²) in [5, 5.41) is 7.29.